The van der Waals surface area contributed by atoms with E-state index in [9.17, 15) is 22.8 Å². The molecule has 1 aromatic heterocycles. The van der Waals surface area contributed by atoms with Crippen molar-refractivity contribution in [3.05, 3.63) is 63.6 Å². The van der Waals surface area contributed by atoms with Crippen LogP contribution in [0.2, 0.25) is 0 Å². The maximum Gasteiger partial charge on any atom is 0.416 e. The highest BCUT2D eigenvalue weighted by Crippen LogP contribution is 2.35. The number of nitrogens with zero attached hydrogens (tertiary/aromatic N) is 1. The standard InChI is InChI=1S/C22H21F3N2O3/c1-21(2,3)19-20(30)26-16-9-7-14(15(18(16)27-19)8-10-17(28)29)12-5-4-6-13(11-12)22(23,24)25/h4-7,9,11H,8,10H2,1-3H3,(H,26,30)(H,28,29). The highest BCUT2D eigenvalue weighted by molar-refractivity contribution is 5.87. The van der Waals surface area contributed by atoms with Crippen molar-refractivity contribution in [2.75, 3.05) is 0 Å². The molecule has 0 unspecified atom stereocenters. The third-order valence-electron chi connectivity index (χ3n) is 4.77. The summed E-state index contributed by atoms with van der Waals surface area (Å²) in [6.45, 7) is 5.47. The zero-order valence-corrected chi connectivity index (χ0v) is 16.7. The van der Waals surface area contributed by atoms with E-state index in [0.717, 1.165) is 12.1 Å². The lowest BCUT2D eigenvalue weighted by atomic mass is 9.91. The molecule has 158 valence electrons. The molecule has 3 rings (SSSR count). The summed E-state index contributed by atoms with van der Waals surface area (Å²) < 4.78 is 39.6. The van der Waals surface area contributed by atoms with E-state index in [1.807, 2.05) is 20.8 Å². The predicted molar refractivity (Wildman–Crippen MR) is 107 cm³/mol. The first-order valence-electron chi connectivity index (χ1n) is 9.34. The number of hydrogen-bond donors (Lipinski definition) is 2. The monoisotopic (exact) mass is 418 g/mol. The number of carboxylic acid groups (broad SMARTS) is 1. The van der Waals surface area contributed by atoms with Crippen LogP contribution in [0.5, 0.6) is 0 Å². The molecule has 2 aromatic carbocycles. The number of aromatic amines is 1. The number of halogens is 3. The van der Waals surface area contributed by atoms with E-state index in [1.165, 1.54) is 12.1 Å². The average Bonchev–Trinajstić information content (AvgIpc) is 2.63. The zero-order chi connectivity index (χ0) is 22.3. The topological polar surface area (TPSA) is 83.0 Å². The fraction of sp³-hybridized carbons (Fsp3) is 0.318. The molecule has 0 radical (unpaired) electrons. The number of aliphatic carboxylic acids is 1. The fourth-order valence-electron chi connectivity index (χ4n) is 3.34. The number of fused-ring (bicyclic) bond motifs is 1. The van der Waals surface area contributed by atoms with Crippen molar-refractivity contribution in [2.45, 2.75) is 45.2 Å². The Labute approximate surface area is 170 Å². The van der Waals surface area contributed by atoms with Gasteiger partial charge in [0.05, 0.1) is 16.6 Å². The summed E-state index contributed by atoms with van der Waals surface area (Å²) in [6.07, 6.45) is -4.67. The van der Waals surface area contributed by atoms with Gasteiger partial charge < -0.3 is 10.1 Å². The smallest absolute Gasteiger partial charge is 0.416 e. The molecular formula is C22H21F3N2O3. The van der Waals surface area contributed by atoms with E-state index in [-0.39, 0.29) is 24.1 Å². The van der Waals surface area contributed by atoms with Crippen LogP contribution in [0.25, 0.3) is 22.2 Å². The Hall–Kier alpha value is -3.16. The molecule has 3 aromatic rings. The minimum absolute atomic E-state index is 0.0564. The Morgan fingerprint density at radius 1 is 1.13 bits per heavy atom. The molecule has 0 fully saturated rings. The summed E-state index contributed by atoms with van der Waals surface area (Å²) in [5.41, 5.74) is 0.577. The van der Waals surface area contributed by atoms with Crippen LogP contribution in [0.3, 0.4) is 0 Å². The van der Waals surface area contributed by atoms with Gasteiger partial charge in [-0.3, -0.25) is 9.59 Å². The Kier molecular flexibility index (Phi) is 5.45. The Bertz CT molecular complexity index is 1170. The molecular weight excluding hydrogens is 397 g/mol. The van der Waals surface area contributed by atoms with Crippen LogP contribution in [0.1, 0.15) is 44.0 Å². The van der Waals surface area contributed by atoms with Crippen molar-refractivity contribution < 1.29 is 23.1 Å². The Morgan fingerprint density at radius 2 is 1.83 bits per heavy atom. The molecule has 0 bridgehead atoms. The van der Waals surface area contributed by atoms with Gasteiger partial charge in [-0.05, 0) is 41.3 Å². The normalized spacial score (nSPS) is 12.3. The minimum Gasteiger partial charge on any atom is -0.481 e. The van der Waals surface area contributed by atoms with Gasteiger partial charge in [-0.15, -0.1) is 0 Å². The maximum atomic E-state index is 13.2. The van der Waals surface area contributed by atoms with Gasteiger partial charge >= 0.3 is 12.1 Å². The molecule has 2 N–H and O–H groups in total. The lowest BCUT2D eigenvalue weighted by Gasteiger charge is -2.19. The first-order chi connectivity index (χ1) is 13.9. The largest absolute Gasteiger partial charge is 0.481 e. The second kappa shape index (κ2) is 7.59. The third kappa shape index (κ3) is 4.37. The predicted octanol–water partition coefficient (Wildman–Crippen LogP) is 4.92. The van der Waals surface area contributed by atoms with Crippen molar-refractivity contribution in [2.24, 2.45) is 0 Å². The fourth-order valence-corrected chi connectivity index (χ4v) is 3.34. The van der Waals surface area contributed by atoms with Crippen molar-refractivity contribution >= 4 is 17.0 Å². The summed E-state index contributed by atoms with van der Waals surface area (Å²) >= 11 is 0. The summed E-state index contributed by atoms with van der Waals surface area (Å²) in [5.74, 6) is -1.04. The van der Waals surface area contributed by atoms with Crippen LogP contribution in [-0.2, 0) is 22.8 Å². The number of carbonyl (C=O) groups is 1. The van der Waals surface area contributed by atoms with E-state index in [0.29, 0.717) is 27.7 Å². The van der Waals surface area contributed by atoms with E-state index < -0.39 is 23.1 Å². The number of aryl methyl sites for hydroxylation is 1. The van der Waals surface area contributed by atoms with E-state index in [1.54, 1.807) is 12.1 Å². The zero-order valence-electron chi connectivity index (χ0n) is 16.7. The van der Waals surface area contributed by atoms with Crippen LogP contribution in [0.4, 0.5) is 13.2 Å². The van der Waals surface area contributed by atoms with E-state index in [4.69, 9.17) is 5.11 Å². The lowest BCUT2D eigenvalue weighted by Crippen LogP contribution is -2.26. The third-order valence-corrected chi connectivity index (χ3v) is 4.77. The molecule has 0 atom stereocenters. The second-order valence-corrected chi connectivity index (χ2v) is 8.12. The first-order valence-corrected chi connectivity index (χ1v) is 9.34. The quantitative estimate of drug-likeness (QED) is 0.630. The summed E-state index contributed by atoms with van der Waals surface area (Å²) in [7, 11) is 0. The minimum atomic E-state index is -4.50. The van der Waals surface area contributed by atoms with Gasteiger partial charge in [0.1, 0.15) is 5.69 Å². The van der Waals surface area contributed by atoms with Gasteiger partial charge in [-0.2, -0.15) is 13.2 Å². The Morgan fingerprint density at radius 3 is 2.43 bits per heavy atom. The van der Waals surface area contributed by atoms with Gasteiger partial charge in [0.15, 0.2) is 0 Å². The molecule has 0 aliphatic heterocycles. The molecule has 0 amide bonds. The second-order valence-electron chi connectivity index (χ2n) is 8.12. The maximum absolute atomic E-state index is 13.2. The van der Waals surface area contributed by atoms with Crippen molar-refractivity contribution in [1.82, 2.24) is 9.97 Å². The molecule has 0 saturated carbocycles. The number of nitrogens with one attached hydrogen (secondary N) is 1. The molecule has 8 heteroatoms. The van der Waals surface area contributed by atoms with Crippen LogP contribution in [0, 0.1) is 0 Å². The van der Waals surface area contributed by atoms with Gasteiger partial charge in [-0.1, -0.05) is 39.0 Å². The number of aromatic nitrogens is 2. The van der Waals surface area contributed by atoms with Crippen molar-refractivity contribution in [1.29, 1.82) is 0 Å². The molecule has 0 saturated heterocycles. The molecule has 5 nitrogen and oxygen atoms in total. The van der Waals surface area contributed by atoms with Gasteiger partial charge in [0.25, 0.3) is 5.56 Å². The Balaban J connectivity index is 2.31. The number of carboxylic acids is 1. The number of H-pyrrole nitrogens is 1. The number of rotatable bonds is 4. The SMILES string of the molecule is CC(C)(C)c1nc2c(CCC(=O)O)c(-c3cccc(C(F)(F)F)c3)ccc2[nH]c1=O. The average molecular weight is 418 g/mol. The van der Waals surface area contributed by atoms with Crippen molar-refractivity contribution in [3.63, 3.8) is 0 Å². The van der Waals surface area contributed by atoms with E-state index in [2.05, 4.69) is 9.97 Å². The van der Waals surface area contributed by atoms with Crippen LogP contribution < -0.4 is 5.56 Å². The number of alkyl halides is 3. The van der Waals surface area contributed by atoms with Gasteiger partial charge in [-0.25, -0.2) is 4.98 Å². The molecule has 0 aliphatic carbocycles. The van der Waals surface area contributed by atoms with Crippen LogP contribution in [-0.4, -0.2) is 21.0 Å². The van der Waals surface area contributed by atoms with Crippen molar-refractivity contribution in [3.8, 4) is 11.1 Å². The van der Waals surface area contributed by atoms with Crippen LogP contribution >= 0.6 is 0 Å². The van der Waals surface area contributed by atoms with E-state index >= 15 is 0 Å². The summed E-state index contributed by atoms with van der Waals surface area (Å²) in [6, 6.07) is 8.03. The number of benzene rings is 2. The molecule has 0 aliphatic rings. The highest BCUT2D eigenvalue weighted by atomic mass is 19.4. The summed E-state index contributed by atoms with van der Waals surface area (Å²) in [5, 5.41) is 9.16. The summed E-state index contributed by atoms with van der Waals surface area (Å²) in [4.78, 5) is 30.9. The first kappa shape index (κ1) is 21.5. The molecule has 30 heavy (non-hydrogen) atoms. The highest BCUT2D eigenvalue weighted by Gasteiger charge is 2.31. The van der Waals surface area contributed by atoms with Crippen LogP contribution in [0.15, 0.2) is 41.2 Å². The van der Waals surface area contributed by atoms with Gasteiger partial charge in [0, 0.05) is 11.8 Å². The molecule has 0 spiro atoms. The molecule has 1 heterocycles. The number of hydrogen-bond acceptors (Lipinski definition) is 3. The lowest BCUT2D eigenvalue weighted by molar-refractivity contribution is -0.138. The van der Waals surface area contributed by atoms with Gasteiger partial charge in [0.2, 0.25) is 0 Å².